The standard InChI is InChI=1S/C13H19NO3/c1-13(2,3)17-12(16)14-11-9-5-4-8(6-9)10(11)7-15/h4-5,7-11H,6H2,1-3H3,(H,14,16)/t8-,9+,10+,11-/m1/s1. The Hall–Kier alpha value is -1.32. The normalized spacial score (nSPS) is 34.8. The van der Waals surface area contributed by atoms with Gasteiger partial charge in [0.1, 0.15) is 11.9 Å². The highest BCUT2D eigenvalue weighted by Crippen LogP contribution is 2.42. The Bertz CT molecular complexity index is 356. The van der Waals surface area contributed by atoms with Crippen LogP contribution in [-0.4, -0.2) is 24.0 Å². The summed E-state index contributed by atoms with van der Waals surface area (Å²) in [6.45, 7) is 5.47. The van der Waals surface area contributed by atoms with Gasteiger partial charge in [-0.25, -0.2) is 4.79 Å². The van der Waals surface area contributed by atoms with Crippen LogP contribution >= 0.6 is 0 Å². The first kappa shape index (κ1) is 12.1. The molecule has 2 bridgehead atoms. The molecule has 4 heteroatoms. The number of carbonyl (C=O) groups is 2. The molecule has 1 fully saturated rings. The molecule has 0 saturated heterocycles. The third kappa shape index (κ3) is 2.51. The molecule has 4 nitrogen and oxygen atoms in total. The molecule has 1 saturated carbocycles. The summed E-state index contributed by atoms with van der Waals surface area (Å²) in [7, 11) is 0. The van der Waals surface area contributed by atoms with Gasteiger partial charge in [-0.3, -0.25) is 0 Å². The summed E-state index contributed by atoms with van der Waals surface area (Å²) in [4.78, 5) is 22.7. The summed E-state index contributed by atoms with van der Waals surface area (Å²) in [6.07, 6.45) is 5.65. The number of hydrogen-bond acceptors (Lipinski definition) is 3. The molecule has 2 aliphatic carbocycles. The van der Waals surface area contributed by atoms with E-state index in [4.69, 9.17) is 4.74 Å². The van der Waals surface area contributed by atoms with Crippen LogP contribution < -0.4 is 5.32 Å². The van der Waals surface area contributed by atoms with Gasteiger partial charge < -0.3 is 14.8 Å². The quantitative estimate of drug-likeness (QED) is 0.589. The van der Waals surface area contributed by atoms with E-state index in [1.54, 1.807) is 0 Å². The van der Waals surface area contributed by atoms with Gasteiger partial charge in [0.05, 0.1) is 0 Å². The molecule has 1 amide bonds. The maximum absolute atomic E-state index is 11.7. The summed E-state index contributed by atoms with van der Waals surface area (Å²) in [5.74, 6) is 0.470. The Morgan fingerprint density at radius 2 is 2.00 bits per heavy atom. The van der Waals surface area contributed by atoms with E-state index >= 15 is 0 Å². The maximum Gasteiger partial charge on any atom is 0.407 e. The summed E-state index contributed by atoms with van der Waals surface area (Å²) >= 11 is 0. The van der Waals surface area contributed by atoms with Gasteiger partial charge in [-0.2, -0.15) is 0 Å². The Labute approximate surface area is 101 Å². The molecule has 2 aliphatic rings. The number of fused-ring (bicyclic) bond motifs is 2. The van der Waals surface area contributed by atoms with E-state index in [0.717, 1.165) is 12.7 Å². The van der Waals surface area contributed by atoms with Crippen molar-refractivity contribution in [2.45, 2.75) is 38.8 Å². The number of carbonyl (C=O) groups excluding carboxylic acids is 2. The van der Waals surface area contributed by atoms with Crippen molar-refractivity contribution >= 4 is 12.4 Å². The zero-order valence-electron chi connectivity index (χ0n) is 10.5. The van der Waals surface area contributed by atoms with Crippen LogP contribution in [0.5, 0.6) is 0 Å². The third-order valence-electron chi connectivity index (χ3n) is 3.36. The second-order valence-electron chi connectivity index (χ2n) is 5.83. The molecule has 0 radical (unpaired) electrons. The van der Waals surface area contributed by atoms with Crippen LogP contribution in [0, 0.1) is 17.8 Å². The molecule has 0 aromatic carbocycles. The average Bonchev–Trinajstić information content (AvgIpc) is 2.74. The third-order valence-corrected chi connectivity index (χ3v) is 3.36. The Kier molecular flexibility index (Phi) is 2.98. The van der Waals surface area contributed by atoms with E-state index in [1.807, 2.05) is 20.8 Å². The lowest BCUT2D eigenvalue weighted by Gasteiger charge is -2.27. The second-order valence-corrected chi connectivity index (χ2v) is 5.83. The lowest BCUT2D eigenvalue weighted by Crippen LogP contribution is -2.45. The van der Waals surface area contributed by atoms with Gasteiger partial charge in [-0.05, 0) is 39.0 Å². The van der Waals surface area contributed by atoms with E-state index in [9.17, 15) is 9.59 Å². The topological polar surface area (TPSA) is 55.4 Å². The smallest absolute Gasteiger partial charge is 0.407 e. The number of ether oxygens (including phenoxy) is 1. The Morgan fingerprint density at radius 3 is 2.59 bits per heavy atom. The molecule has 0 aliphatic heterocycles. The number of amides is 1. The van der Waals surface area contributed by atoms with Crippen LogP contribution in [0.3, 0.4) is 0 Å². The molecule has 0 aromatic heterocycles. The van der Waals surface area contributed by atoms with Gasteiger partial charge in [0.15, 0.2) is 0 Å². The molecule has 1 N–H and O–H groups in total. The molecule has 0 heterocycles. The van der Waals surface area contributed by atoms with E-state index in [-0.39, 0.29) is 23.8 Å². The summed E-state index contributed by atoms with van der Waals surface area (Å²) in [5.41, 5.74) is -0.506. The number of allylic oxidation sites excluding steroid dienone is 1. The summed E-state index contributed by atoms with van der Waals surface area (Å²) in [5, 5.41) is 2.82. The van der Waals surface area contributed by atoms with Crippen molar-refractivity contribution in [3.05, 3.63) is 12.2 Å². The molecule has 4 atom stereocenters. The zero-order chi connectivity index (χ0) is 12.6. The molecule has 0 spiro atoms. The second kappa shape index (κ2) is 4.17. The van der Waals surface area contributed by atoms with Gasteiger partial charge >= 0.3 is 6.09 Å². The van der Waals surface area contributed by atoms with Gasteiger partial charge in [-0.1, -0.05) is 12.2 Å². The fraction of sp³-hybridized carbons (Fsp3) is 0.692. The number of aldehydes is 1. The first-order valence-corrected chi connectivity index (χ1v) is 6.04. The van der Waals surface area contributed by atoms with Crippen molar-refractivity contribution in [1.29, 1.82) is 0 Å². The number of nitrogens with one attached hydrogen (secondary N) is 1. The van der Waals surface area contributed by atoms with Crippen LogP contribution in [0.1, 0.15) is 27.2 Å². The van der Waals surface area contributed by atoms with Crippen molar-refractivity contribution in [2.75, 3.05) is 0 Å². The predicted octanol–water partition coefficient (Wildman–Crippen LogP) is 1.90. The highest BCUT2D eigenvalue weighted by Gasteiger charge is 2.45. The van der Waals surface area contributed by atoms with Gasteiger partial charge in [0.2, 0.25) is 0 Å². The summed E-state index contributed by atoms with van der Waals surface area (Å²) < 4.78 is 5.21. The minimum Gasteiger partial charge on any atom is -0.444 e. The van der Waals surface area contributed by atoms with Crippen LogP contribution in [0.4, 0.5) is 4.79 Å². The number of alkyl carbamates (subject to hydrolysis) is 1. The fourth-order valence-electron chi connectivity index (χ4n) is 2.69. The molecular weight excluding hydrogens is 218 g/mol. The lowest BCUT2D eigenvalue weighted by atomic mass is 9.90. The van der Waals surface area contributed by atoms with E-state index < -0.39 is 11.7 Å². The van der Waals surface area contributed by atoms with Gasteiger partial charge in [-0.15, -0.1) is 0 Å². The maximum atomic E-state index is 11.7. The van der Waals surface area contributed by atoms with Crippen molar-refractivity contribution in [3.63, 3.8) is 0 Å². The highest BCUT2D eigenvalue weighted by atomic mass is 16.6. The predicted molar refractivity (Wildman–Crippen MR) is 63.4 cm³/mol. The monoisotopic (exact) mass is 237 g/mol. The van der Waals surface area contributed by atoms with Crippen LogP contribution in [-0.2, 0) is 9.53 Å². The van der Waals surface area contributed by atoms with E-state index in [1.165, 1.54) is 0 Å². The van der Waals surface area contributed by atoms with Crippen LogP contribution in [0.2, 0.25) is 0 Å². The minimum absolute atomic E-state index is 0.0995. The van der Waals surface area contributed by atoms with Crippen molar-refractivity contribution in [2.24, 2.45) is 17.8 Å². The molecule has 2 rings (SSSR count). The summed E-state index contributed by atoms with van der Waals surface area (Å²) in [6, 6.07) is -0.0997. The molecule has 94 valence electrons. The SMILES string of the molecule is CC(C)(C)OC(=O)N[C@H]1[C@@H](C=O)[C@@H]2C=C[C@H]1C2. The molecular formula is C13H19NO3. The molecule has 0 aromatic rings. The minimum atomic E-state index is -0.506. The van der Waals surface area contributed by atoms with Crippen molar-refractivity contribution < 1.29 is 14.3 Å². The van der Waals surface area contributed by atoms with Crippen molar-refractivity contribution in [1.82, 2.24) is 5.32 Å². The number of rotatable bonds is 2. The number of hydrogen-bond donors (Lipinski definition) is 1. The molecule has 17 heavy (non-hydrogen) atoms. The van der Waals surface area contributed by atoms with E-state index in [2.05, 4.69) is 17.5 Å². The Morgan fingerprint density at radius 1 is 1.35 bits per heavy atom. The largest absolute Gasteiger partial charge is 0.444 e. The van der Waals surface area contributed by atoms with E-state index in [0.29, 0.717) is 0 Å². The highest BCUT2D eigenvalue weighted by molar-refractivity contribution is 5.70. The van der Waals surface area contributed by atoms with Crippen LogP contribution in [0.15, 0.2) is 12.2 Å². The van der Waals surface area contributed by atoms with Gasteiger partial charge in [0.25, 0.3) is 0 Å². The lowest BCUT2D eigenvalue weighted by molar-refractivity contribution is -0.112. The average molecular weight is 237 g/mol. The van der Waals surface area contributed by atoms with Gasteiger partial charge in [0, 0.05) is 12.0 Å². The fourth-order valence-corrected chi connectivity index (χ4v) is 2.69. The Balaban J connectivity index is 1.97. The first-order chi connectivity index (χ1) is 7.90. The van der Waals surface area contributed by atoms with Crippen molar-refractivity contribution in [3.8, 4) is 0 Å². The zero-order valence-corrected chi connectivity index (χ0v) is 10.5. The molecule has 0 unspecified atom stereocenters. The first-order valence-electron chi connectivity index (χ1n) is 6.04. The van der Waals surface area contributed by atoms with Crippen LogP contribution in [0.25, 0.3) is 0 Å².